The second-order valence-electron chi connectivity index (χ2n) is 4.07. The molecule has 0 atom stereocenters. The van der Waals surface area contributed by atoms with Crippen LogP contribution in [0.2, 0.25) is 0 Å². The number of methoxy groups -OCH3 is 1. The zero-order valence-electron chi connectivity index (χ0n) is 10.6. The first-order valence-corrected chi connectivity index (χ1v) is 5.87. The first-order valence-electron chi connectivity index (χ1n) is 5.87. The van der Waals surface area contributed by atoms with Gasteiger partial charge in [-0.25, -0.2) is 4.68 Å². The van der Waals surface area contributed by atoms with Crippen molar-refractivity contribution in [2.75, 3.05) is 7.11 Å². The lowest BCUT2D eigenvalue weighted by atomic mass is 10.1. The van der Waals surface area contributed by atoms with Crippen molar-refractivity contribution in [2.45, 2.75) is 13.0 Å². The van der Waals surface area contributed by atoms with E-state index < -0.39 is 0 Å². The van der Waals surface area contributed by atoms with Crippen LogP contribution < -0.4 is 10.3 Å². The fourth-order valence-electron chi connectivity index (χ4n) is 1.70. The van der Waals surface area contributed by atoms with Crippen LogP contribution in [0.4, 0.5) is 0 Å². The topological polar surface area (TPSA) is 61.2 Å². The highest BCUT2D eigenvalue weighted by Crippen LogP contribution is 2.02. The Bertz CT molecular complexity index is 620. The van der Waals surface area contributed by atoms with Gasteiger partial charge in [-0.15, -0.1) is 5.10 Å². The number of carbonyl (C=O) groups is 1. The predicted octanol–water partition coefficient (Wildman–Crippen LogP) is 1.06. The van der Waals surface area contributed by atoms with Crippen LogP contribution >= 0.6 is 0 Å². The minimum absolute atomic E-state index is 0.0507. The standard InChI is InChI=1S/C14H14N2O3/c1-19-13-7-8-14(18)16(15-13)10-12(17)9-11-5-3-2-4-6-11/h2-8H,9-10H2,1H3. The Morgan fingerprint density at radius 3 is 2.63 bits per heavy atom. The van der Waals surface area contributed by atoms with Gasteiger partial charge in [-0.3, -0.25) is 9.59 Å². The Labute approximate surface area is 110 Å². The highest BCUT2D eigenvalue weighted by Gasteiger charge is 2.08. The van der Waals surface area contributed by atoms with Crippen LogP contribution in [0.1, 0.15) is 5.56 Å². The summed E-state index contributed by atoms with van der Waals surface area (Å²) in [6.07, 6.45) is 0.284. The average Bonchev–Trinajstić information content (AvgIpc) is 2.42. The van der Waals surface area contributed by atoms with Crippen molar-refractivity contribution in [1.82, 2.24) is 9.78 Å². The predicted molar refractivity (Wildman–Crippen MR) is 70.2 cm³/mol. The van der Waals surface area contributed by atoms with Gasteiger partial charge in [-0.2, -0.15) is 0 Å². The van der Waals surface area contributed by atoms with Gasteiger partial charge in [-0.05, 0) is 5.56 Å². The molecule has 5 heteroatoms. The molecule has 0 radical (unpaired) electrons. The van der Waals surface area contributed by atoms with Gasteiger partial charge in [0.1, 0.15) is 6.54 Å². The van der Waals surface area contributed by atoms with Crippen LogP contribution in [0.15, 0.2) is 47.3 Å². The van der Waals surface area contributed by atoms with Gasteiger partial charge in [-0.1, -0.05) is 30.3 Å². The first-order chi connectivity index (χ1) is 9.19. The van der Waals surface area contributed by atoms with Gasteiger partial charge in [0.15, 0.2) is 5.78 Å². The highest BCUT2D eigenvalue weighted by atomic mass is 16.5. The third-order valence-electron chi connectivity index (χ3n) is 2.62. The normalized spacial score (nSPS) is 10.2. The van der Waals surface area contributed by atoms with E-state index >= 15 is 0 Å². The van der Waals surface area contributed by atoms with Gasteiger partial charge >= 0.3 is 0 Å². The maximum Gasteiger partial charge on any atom is 0.267 e. The molecule has 19 heavy (non-hydrogen) atoms. The smallest absolute Gasteiger partial charge is 0.267 e. The summed E-state index contributed by atoms with van der Waals surface area (Å²) in [7, 11) is 1.46. The maximum absolute atomic E-state index is 11.9. The second-order valence-corrected chi connectivity index (χ2v) is 4.07. The molecule has 0 aliphatic heterocycles. The van der Waals surface area contributed by atoms with Crippen molar-refractivity contribution in [3.8, 4) is 5.88 Å². The molecular weight excluding hydrogens is 244 g/mol. The van der Waals surface area contributed by atoms with Gasteiger partial charge in [0.2, 0.25) is 5.88 Å². The van der Waals surface area contributed by atoms with Crippen molar-refractivity contribution >= 4 is 5.78 Å². The van der Waals surface area contributed by atoms with Crippen LogP contribution in [0, 0.1) is 0 Å². The summed E-state index contributed by atoms with van der Waals surface area (Å²) in [4.78, 5) is 23.5. The monoisotopic (exact) mass is 258 g/mol. The lowest BCUT2D eigenvalue weighted by Gasteiger charge is -2.05. The molecule has 0 aliphatic rings. The zero-order chi connectivity index (χ0) is 13.7. The molecule has 1 aromatic carbocycles. The zero-order valence-corrected chi connectivity index (χ0v) is 10.6. The molecule has 1 heterocycles. The number of hydrogen-bond acceptors (Lipinski definition) is 4. The number of ether oxygens (including phenoxy) is 1. The largest absolute Gasteiger partial charge is 0.480 e. The van der Waals surface area contributed by atoms with Crippen LogP contribution in [0.5, 0.6) is 5.88 Å². The van der Waals surface area contributed by atoms with E-state index in [-0.39, 0.29) is 24.3 Å². The SMILES string of the molecule is COc1ccc(=O)n(CC(=O)Cc2ccccc2)n1. The average molecular weight is 258 g/mol. The van der Waals surface area contributed by atoms with Crippen LogP contribution in [0.3, 0.4) is 0 Å². The van der Waals surface area contributed by atoms with Gasteiger partial charge < -0.3 is 4.74 Å². The third-order valence-corrected chi connectivity index (χ3v) is 2.62. The minimum atomic E-state index is -0.317. The Balaban J connectivity index is 2.09. The molecule has 0 fully saturated rings. The molecule has 0 aliphatic carbocycles. The molecule has 0 bridgehead atoms. The highest BCUT2D eigenvalue weighted by molar-refractivity contribution is 5.80. The number of aromatic nitrogens is 2. The van der Waals surface area contributed by atoms with Crippen LogP contribution in [-0.2, 0) is 17.8 Å². The summed E-state index contributed by atoms with van der Waals surface area (Å²) < 4.78 is 6.04. The van der Waals surface area contributed by atoms with E-state index in [1.165, 1.54) is 19.2 Å². The minimum Gasteiger partial charge on any atom is -0.480 e. The van der Waals surface area contributed by atoms with E-state index in [9.17, 15) is 9.59 Å². The van der Waals surface area contributed by atoms with Gasteiger partial charge in [0, 0.05) is 18.6 Å². The number of nitrogens with zero attached hydrogens (tertiary/aromatic N) is 2. The van der Waals surface area contributed by atoms with E-state index in [4.69, 9.17) is 4.74 Å². The van der Waals surface area contributed by atoms with Gasteiger partial charge in [0.05, 0.1) is 7.11 Å². The molecule has 0 spiro atoms. The molecule has 0 amide bonds. The summed E-state index contributed by atoms with van der Waals surface area (Å²) >= 11 is 0. The number of benzene rings is 1. The summed E-state index contributed by atoms with van der Waals surface area (Å²) in [6.45, 7) is -0.0507. The maximum atomic E-state index is 11.9. The van der Waals surface area contributed by atoms with Crippen molar-refractivity contribution in [2.24, 2.45) is 0 Å². The van der Waals surface area contributed by atoms with Crippen molar-refractivity contribution < 1.29 is 9.53 Å². The van der Waals surface area contributed by atoms with Crippen LogP contribution in [-0.4, -0.2) is 22.7 Å². The number of rotatable bonds is 5. The second kappa shape index (κ2) is 5.95. The van der Waals surface area contributed by atoms with E-state index in [0.29, 0.717) is 5.88 Å². The molecule has 2 aromatic rings. The van der Waals surface area contributed by atoms with E-state index in [1.54, 1.807) is 0 Å². The Hall–Kier alpha value is -2.43. The Morgan fingerprint density at radius 1 is 1.21 bits per heavy atom. The molecule has 2 rings (SSSR count). The summed E-state index contributed by atoms with van der Waals surface area (Å²) in [5.74, 6) is 0.237. The molecule has 0 unspecified atom stereocenters. The Kier molecular flexibility index (Phi) is 4.07. The van der Waals surface area contributed by atoms with E-state index in [2.05, 4.69) is 5.10 Å². The number of Topliss-reactive ketones (excluding diaryl/α,β-unsaturated/α-hetero) is 1. The number of carbonyl (C=O) groups excluding carboxylic acids is 1. The van der Waals surface area contributed by atoms with E-state index in [1.807, 2.05) is 30.3 Å². The quantitative estimate of drug-likeness (QED) is 0.804. The molecule has 5 nitrogen and oxygen atoms in total. The number of hydrogen-bond donors (Lipinski definition) is 0. The van der Waals surface area contributed by atoms with Crippen LogP contribution in [0.25, 0.3) is 0 Å². The molecule has 98 valence electrons. The molecule has 1 aromatic heterocycles. The molecule has 0 N–H and O–H groups in total. The Morgan fingerprint density at radius 2 is 1.95 bits per heavy atom. The third kappa shape index (κ3) is 3.51. The molecule has 0 saturated heterocycles. The lowest BCUT2D eigenvalue weighted by Crippen LogP contribution is -2.26. The van der Waals surface area contributed by atoms with Crippen molar-refractivity contribution in [3.63, 3.8) is 0 Å². The summed E-state index contributed by atoms with van der Waals surface area (Å²) in [6, 6.07) is 12.2. The summed E-state index contributed by atoms with van der Waals surface area (Å²) in [5.41, 5.74) is 0.602. The fraction of sp³-hybridized carbons (Fsp3) is 0.214. The molecular formula is C14H14N2O3. The van der Waals surface area contributed by atoms with Gasteiger partial charge in [0.25, 0.3) is 5.56 Å². The van der Waals surface area contributed by atoms with E-state index in [0.717, 1.165) is 10.2 Å². The lowest BCUT2D eigenvalue weighted by molar-refractivity contribution is -0.119. The van der Waals surface area contributed by atoms with Crippen molar-refractivity contribution in [1.29, 1.82) is 0 Å². The molecule has 0 saturated carbocycles. The fourth-order valence-corrected chi connectivity index (χ4v) is 1.70. The summed E-state index contributed by atoms with van der Waals surface area (Å²) in [5, 5.41) is 3.93. The van der Waals surface area contributed by atoms with Crippen molar-refractivity contribution in [3.05, 3.63) is 58.4 Å². The number of ketones is 1. The first kappa shape index (κ1) is 13.0.